The topological polar surface area (TPSA) is 76.2 Å². The van der Waals surface area contributed by atoms with Gasteiger partial charge in [0.25, 0.3) is 0 Å². The summed E-state index contributed by atoms with van der Waals surface area (Å²) in [5.41, 5.74) is 5.84. The summed E-state index contributed by atoms with van der Waals surface area (Å²) in [4.78, 5) is 11.0. The zero-order valence-electron chi connectivity index (χ0n) is 7.91. The van der Waals surface area contributed by atoms with E-state index in [9.17, 15) is 4.79 Å². The molecule has 74 valence electrons. The minimum absolute atomic E-state index is 0.0422. The summed E-state index contributed by atoms with van der Waals surface area (Å²) in [6.07, 6.45) is 0.324. The van der Waals surface area contributed by atoms with Crippen LogP contribution in [-0.4, -0.2) is 11.8 Å². The number of esters is 1. The zero-order chi connectivity index (χ0) is 10.6. The van der Waals surface area contributed by atoms with Crippen LogP contribution in [0.2, 0.25) is 0 Å². The van der Waals surface area contributed by atoms with E-state index in [4.69, 9.17) is 15.9 Å². The van der Waals surface area contributed by atoms with E-state index in [2.05, 4.69) is 0 Å². The highest BCUT2D eigenvalue weighted by Crippen LogP contribution is 2.13. The number of amidine groups is 1. The first-order chi connectivity index (χ1) is 6.63. The molecular formula is C10H12N2O2. The van der Waals surface area contributed by atoms with Crippen molar-refractivity contribution in [3.8, 4) is 5.75 Å². The number of carbonyl (C=O) groups is 1. The van der Waals surface area contributed by atoms with E-state index in [0.717, 1.165) is 0 Å². The third-order valence-electron chi connectivity index (χ3n) is 1.67. The molecule has 4 heteroatoms. The molecule has 0 aliphatic carbocycles. The molecule has 0 aliphatic heterocycles. The number of hydrogen-bond acceptors (Lipinski definition) is 3. The summed E-state index contributed by atoms with van der Waals surface area (Å²) in [7, 11) is 0. The number of nitrogens with two attached hydrogens (primary N) is 1. The Balaban J connectivity index is 2.83. The maximum absolute atomic E-state index is 11.0. The van der Waals surface area contributed by atoms with Crippen LogP contribution in [0.1, 0.15) is 18.9 Å². The van der Waals surface area contributed by atoms with Crippen LogP contribution in [0.25, 0.3) is 0 Å². The third-order valence-corrected chi connectivity index (χ3v) is 1.67. The van der Waals surface area contributed by atoms with Gasteiger partial charge in [0.1, 0.15) is 11.6 Å². The van der Waals surface area contributed by atoms with Crippen LogP contribution < -0.4 is 10.5 Å². The largest absolute Gasteiger partial charge is 0.427 e. The zero-order valence-corrected chi connectivity index (χ0v) is 7.91. The average molecular weight is 192 g/mol. The Morgan fingerprint density at radius 1 is 1.57 bits per heavy atom. The fraction of sp³-hybridized carbons (Fsp3) is 0.200. The summed E-state index contributed by atoms with van der Waals surface area (Å²) >= 11 is 0. The summed E-state index contributed by atoms with van der Waals surface area (Å²) in [6.45, 7) is 1.72. The average Bonchev–Trinajstić information content (AvgIpc) is 2.18. The van der Waals surface area contributed by atoms with Gasteiger partial charge < -0.3 is 10.5 Å². The Labute approximate surface area is 82.2 Å². The highest BCUT2D eigenvalue weighted by atomic mass is 16.5. The van der Waals surface area contributed by atoms with Crippen LogP contribution in [0.15, 0.2) is 24.3 Å². The van der Waals surface area contributed by atoms with Gasteiger partial charge in [-0.1, -0.05) is 19.1 Å². The molecule has 0 spiro atoms. The van der Waals surface area contributed by atoms with Gasteiger partial charge in [0, 0.05) is 12.0 Å². The lowest BCUT2D eigenvalue weighted by Gasteiger charge is -2.04. The van der Waals surface area contributed by atoms with Gasteiger partial charge >= 0.3 is 5.97 Å². The van der Waals surface area contributed by atoms with Crippen LogP contribution in [0, 0.1) is 5.41 Å². The number of ether oxygens (including phenoxy) is 1. The molecule has 14 heavy (non-hydrogen) atoms. The van der Waals surface area contributed by atoms with E-state index < -0.39 is 0 Å². The number of nitrogen functional groups attached to an aromatic ring is 1. The maximum atomic E-state index is 11.0. The van der Waals surface area contributed by atoms with Crippen LogP contribution in [0.4, 0.5) is 0 Å². The van der Waals surface area contributed by atoms with E-state index in [-0.39, 0.29) is 11.8 Å². The molecule has 0 radical (unpaired) electrons. The van der Waals surface area contributed by atoms with Crippen molar-refractivity contribution in [2.45, 2.75) is 13.3 Å². The number of benzene rings is 1. The van der Waals surface area contributed by atoms with Gasteiger partial charge in [-0.25, -0.2) is 0 Å². The molecule has 0 saturated carbocycles. The van der Waals surface area contributed by atoms with E-state index in [1.54, 1.807) is 31.2 Å². The molecule has 0 amide bonds. The van der Waals surface area contributed by atoms with Crippen molar-refractivity contribution in [1.82, 2.24) is 0 Å². The van der Waals surface area contributed by atoms with Crippen molar-refractivity contribution >= 4 is 11.8 Å². The molecule has 1 aromatic carbocycles. The first-order valence-corrected chi connectivity index (χ1v) is 4.28. The Kier molecular flexibility index (Phi) is 3.23. The minimum atomic E-state index is -0.300. The van der Waals surface area contributed by atoms with E-state index >= 15 is 0 Å². The second-order valence-electron chi connectivity index (χ2n) is 2.77. The lowest BCUT2D eigenvalue weighted by Crippen LogP contribution is -2.11. The van der Waals surface area contributed by atoms with Crippen LogP contribution in [-0.2, 0) is 4.79 Å². The van der Waals surface area contributed by atoms with Gasteiger partial charge in [0.05, 0.1) is 0 Å². The highest BCUT2D eigenvalue weighted by molar-refractivity contribution is 5.95. The highest BCUT2D eigenvalue weighted by Gasteiger charge is 2.03. The number of hydrogen-bond donors (Lipinski definition) is 2. The van der Waals surface area contributed by atoms with Gasteiger partial charge in [0.2, 0.25) is 0 Å². The number of nitrogens with one attached hydrogen (secondary N) is 1. The summed E-state index contributed by atoms with van der Waals surface area (Å²) in [5.74, 6) is 0.0784. The Bertz CT molecular complexity index is 361. The fourth-order valence-corrected chi connectivity index (χ4v) is 0.931. The second-order valence-corrected chi connectivity index (χ2v) is 2.77. The normalized spacial score (nSPS) is 9.50. The third kappa shape index (κ3) is 2.58. The second kappa shape index (κ2) is 4.41. The van der Waals surface area contributed by atoms with Crippen molar-refractivity contribution < 1.29 is 9.53 Å². The van der Waals surface area contributed by atoms with E-state index in [0.29, 0.717) is 17.7 Å². The Morgan fingerprint density at radius 3 is 2.86 bits per heavy atom. The maximum Gasteiger partial charge on any atom is 0.310 e. The first kappa shape index (κ1) is 10.2. The molecule has 0 aromatic heterocycles. The standard InChI is InChI=1S/C10H12N2O2/c1-2-9(13)14-8-5-3-4-7(6-8)10(11)12/h3-6H,2H2,1H3,(H3,11,12). The predicted octanol–water partition coefficient (Wildman–Crippen LogP) is 1.29. The van der Waals surface area contributed by atoms with Gasteiger partial charge in [-0.3, -0.25) is 10.2 Å². The molecule has 0 fully saturated rings. The molecule has 1 rings (SSSR count). The van der Waals surface area contributed by atoms with Crippen LogP contribution >= 0.6 is 0 Å². The smallest absolute Gasteiger partial charge is 0.310 e. The SMILES string of the molecule is CCC(=O)Oc1cccc(C(=N)N)c1. The monoisotopic (exact) mass is 192 g/mol. The summed E-state index contributed by atoms with van der Waals surface area (Å²) < 4.78 is 4.96. The Morgan fingerprint density at radius 2 is 2.29 bits per heavy atom. The molecule has 0 bridgehead atoms. The molecule has 0 heterocycles. The number of rotatable bonds is 3. The lowest BCUT2D eigenvalue weighted by atomic mass is 10.2. The van der Waals surface area contributed by atoms with Crippen molar-refractivity contribution in [2.24, 2.45) is 5.73 Å². The van der Waals surface area contributed by atoms with Crippen LogP contribution in [0.3, 0.4) is 0 Å². The number of carbonyl (C=O) groups excluding carboxylic acids is 1. The first-order valence-electron chi connectivity index (χ1n) is 4.28. The van der Waals surface area contributed by atoms with E-state index in [1.807, 2.05) is 0 Å². The minimum Gasteiger partial charge on any atom is -0.427 e. The molecule has 0 saturated heterocycles. The van der Waals surface area contributed by atoms with Crippen molar-refractivity contribution in [1.29, 1.82) is 5.41 Å². The molecule has 4 nitrogen and oxygen atoms in total. The molecule has 0 unspecified atom stereocenters. The molecule has 1 aromatic rings. The van der Waals surface area contributed by atoms with Gasteiger partial charge in [-0.2, -0.15) is 0 Å². The summed E-state index contributed by atoms with van der Waals surface area (Å²) in [5, 5.41) is 7.20. The van der Waals surface area contributed by atoms with Crippen molar-refractivity contribution in [3.63, 3.8) is 0 Å². The quantitative estimate of drug-likeness (QED) is 0.328. The van der Waals surface area contributed by atoms with Gasteiger partial charge in [-0.05, 0) is 12.1 Å². The van der Waals surface area contributed by atoms with E-state index in [1.165, 1.54) is 0 Å². The van der Waals surface area contributed by atoms with Gasteiger partial charge in [-0.15, -0.1) is 0 Å². The molecule has 0 aliphatic rings. The van der Waals surface area contributed by atoms with Gasteiger partial charge in [0.15, 0.2) is 0 Å². The van der Waals surface area contributed by atoms with Crippen molar-refractivity contribution in [3.05, 3.63) is 29.8 Å². The summed E-state index contributed by atoms with van der Waals surface area (Å²) in [6, 6.07) is 6.59. The molecule has 0 atom stereocenters. The fourth-order valence-electron chi connectivity index (χ4n) is 0.931. The molecule has 3 N–H and O–H groups in total. The lowest BCUT2D eigenvalue weighted by molar-refractivity contribution is -0.134. The van der Waals surface area contributed by atoms with Crippen LogP contribution in [0.5, 0.6) is 5.75 Å². The Hall–Kier alpha value is -1.84. The van der Waals surface area contributed by atoms with Crippen molar-refractivity contribution in [2.75, 3.05) is 0 Å². The molecular weight excluding hydrogens is 180 g/mol. The predicted molar refractivity (Wildman–Crippen MR) is 53.4 cm³/mol.